The summed E-state index contributed by atoms with van der Waals surface area (Å²) >= 11 is 11.1. The Morgan fingerprint density at radius 3 is 2.38 bits per heavy atom. The first-order chi connectivity index (χ1) is 6.06. The number of hydrogen-bond acceptors (Lipinski definition) is 2. The van der Waals surface area contributed by atoms with E-state index in [4.69, 9.17) is 23.2 Å². The van der Waals surface area contributed by atoms with Gasteiger partial charge in [0.1, 0.15) is 11.6 Å². The van der Waals surface area contributed by atoms with Crippen molar-refractivity contribution in [1.29, 1.82) is 0 Å². The van der Waals surface area contributed by atoms with Crippen molar-refractivity contribution < 1.29 is 10.0 Å². The molecule has 13 heavy (non-hydrogen) atoms. The summed E-state index contributed by atoms with van der Waals surface area (Å²) in [4.78, 5) is 9.71. The van der Waals surface area contributed by atoms with Crippen molar-refractivity contribution in [3.8, 4) is 0 Å². The molecule has 0 heterocycles. The molecule has 1 aromatic rings. The van der Waals surface area contributed by atoms with Crippen LogP contribution in [0.3, 0.4) is 0 Å². The molecular weight excluding hydrogens is 217 g/mol. The number of nitro groups is 1. The molecule has 1 aromatic carbocycles. The standard InChI is InChI=1S/C7H4Cl2NO3/c8-5-2-7(10(12)13)6(9)1-4(5)3-11/h1-2H,3H2. The predicted molar refractivity (Wildman–Crippen MR) is 47.5 cm³/mol. The summed E-state index contributed by atoms with van der Waals surface area (Å²) in [6, 6.07) is 2.30. The molecule has 1 rings (SSSR count). The van der Waals surface area contributed by atoms with Crippen LogP contribution in [0.5, 0.6) is 0 Å². The topological polar surface area (TPSA) is 63.0 Å². The second kappa shape index (κ2) is 3.91. The van der Waals surface area contributed by atoms with Crippen LogP contribution in [0.15, 0.2) is 12.1 Å². The van der Waals surface area contributed by atoms with Gasteiger partial charge in [0.2, 0.25) is 0 Å². The molecule has 0 N–H and O–H groups in total. The van der Waals surface area contributed by atoms with E-state index < -0.39 is 11.5 Å². The van der Waals surface area contributed by atoms with E-state index in [9.17, 15) is 15.2 Å². The fraction of sp³-hybridized carbons (Fsp3) is 0.143. The second-order valence-electron chi connectivity index (χ2n) is 2.30. The van der Waals surface area contributed by atoms with Gasteiger partial charge in [-0.05, 0) is 6.07 Å². The number of benzene rings is 1. The summed E-state index contributed by atoms with van der Waals surface area (Å²) in [5.74, 6) is 0. The Morgan fingerprint density at radius 1 is 1.31 bits per heavy atom. The van der Waals surface area contributed by atoms with E-state index in [0.29, 0.717) is 0 Å². The van der Waals surface area contributed by atoms with Crippen molar-refractivity contribution in [3.63, 3.8) is 0 Å². The Labute approximate surface area is 83.9 Å². The molecule has 0 unspecified atom stereocenters. The second-order valence-corrected chi connectivity index (χ2v) is 3.11. The minimum absolute atomic E-state index is 0.0692. The maximum Gasteiger partial charge on any atom is 0.289 e. The summed E-state index contributed by atoms with van der Waals surface area (Å²) < 4.78 is 0. The van der Waals surface area contributed by atoms with Gasteiger partial charge in [-0.25, -0.2) is 5.11 Å². The van der Waals surface area contributed by atoms with Gasteiger partial charge in [0.25, 0.3) is 5.69 Å². The van der Waals surface area contributed by atoms with Gasteiger partial charge >= 0.3 is 0 Å². The summed E-state index contributed by atoms with van der Waals surface area (Å²) in [5.41, 5.74) is -0.0267. The normalized spacial score (nSPS) is 10.1. The summed E-state index contributed by atoms with van der Waals surface area (Å²) in [7, 11) is 0. The van der Waals surface area contributed by atoms with Crippen molar-refractivity contribution in [2.75, 3.05) is 0 Å². The molecule has 0 aliphatic carbocycles. The number of nitrogens with zero attached hydrogens (tertiary/aromatic N) is 1. The average Bonchev–Trinajstić information content (AvgIpc) is 2.07. The van der Waals surface area contributed by atoms with Gasteiger partial charge in [0.05, 0.1) is 9.95 Å². The molecule has 0 saturated heterocycles. The third-order valence-electron chi connectivity index (χ3n) is 1.47. The monoisotopic (exact) mass is 220 g/mol. The van der Waals surface area contributed by atoms with E-state index in [2.05, 4.69) is 0 Å². The van der Waals surface area contributed by atoms with E-state index in [1.165, 1.54) is 6.07 Å². The molecule has 4 nitrogen and oxygen atoms in total. The highest BCUT2D eigenvalue weighted by Gasteiger charge is 2.15. The molecule has 0 fully saturated rings. The van der Waals surface area contributed by atoms with Crippen LogP contribution >= 0.6 is 23.2 Å². The van der Waals surface area contributed by atoms with Crippen LogP contribution < -0.4 is 0 Å². The molecule has 0 bridgehead atoms. The van der Waals surface area contributed by atoms with Crippen molar-refractivity contribution in [1.82, 2.24) is 0 Å². The predicted octanol–water partition coefficient (Wildman–Crippen LogP) is 2.83. The largest absolute Gasteiger partial charge is 0.289 e. The molecule has 0 spiro atoms. The van der Waals surface area contributed by atoms with E-state index in [-0.39, 0.29) is 21.3 Å². The zero-order valence-corrected chi connectivity index (χ0v) is 7.80. The van der Waals surface area contributed by atoms with Crippen molar-refractivity contribution in [3.05, 3.63) is 37.9 Å². The number of nitro benzene ring substituents is 1. The Kier molecular flexibility index (Phi) is 3.08. The van der Waals surface area contributed by atoms with Gasteiger partial charge in [0.15, 0.2) is 0 Å². The minimum atomic E-state index is -0.650. The van der Waals surface area contributed by atoms with Crippen LogP contribution in [-0.2, 0) is 11.7 Å². The van der Waals surface area contributed by atoms with Crippen molar-refractivity contribution in [2.45, 2.75) is 6.61 Å². The SMILES string of the molecule is [O]Cc1cc(Cl)c([N+](=O)[O-])cc1Cl. The van der Waals surface area contributed by atoms with Crippen LogP contribution in [0.1, 0.15) is 5.56 Å². The quantitative estimate of drug-likeness (QED) is 0.569. The maximum absolute atomic E-state index is 10.5. The van der Waals surface area contributed by atoms with E-state index in [0.717, 1.165) is 6.07 Å². The highest BCUT2D eigenvalue weighted by molar-refractivity contribution is 6.35. The highest BCUT2D eigenvalue weighted by atomic mass is 35.5. The molecule has 0 atom stereocenters. The van der Waals surface area contributed by atoms with E-state index >= 15 is 0 Å². The third kappa shape index (κ3) is 2.09. The van der Waals surface area contributed by atoms with Gasteiger partial charge in [-0.1, -0.05) is 23.2 Å². The average molecular weight is 221 g/mol. The Balaban J connectivity index is 3.28. The first kappa shape index (κ1) is 10.2. The van der Waals surface area contributed by atoms with Crippen molar-refractivity contribution >= 4 is 28.9 Å². The zero-order valence-electron chi connectivity index (χ0n) is 6.29. The Morgan fingerprint density at radius 2 is 1.92 bits per heavy atom. The highest BCUT2D eigenvalue weighted by Crippen LogP contribution is 2.30. The van der Waals surface area contributed by atoms with Crippen molar-refractivity contribution in [2.24, 2.45) is 0 Å². The Hall–Kier alpha value is -0.840. The van der Waals surface area contributed by atoms with Crippen LogP contribution in [0, 0.1) is 10.1 Å². The first-order valence-electron chi connectivity index (χ1n) is 3.26. The maximum atomic E-state index is 10.5. The van der Waals surface area contributed by atoms with Gasteiger partial charge in [-0.3, -0.25) is 10.1 Å². The van der Waals surface area contributed by atoms with Gasteiger partial charge in [-0.2, -0.15) is 0 Å². The van der Waals surface area contributed by atoms with Crippen LogP contribution in [0.2, 0.25) is 10.0 Å². The van der Waals surface area contributed by atoms with Gasteiger partial charge in [-0.15, -0.1) is 0 Å². The number of hydrogen-bond donors (Lipinski definition) is 0. The van der Waals surface area contributed by atoms with Gasteiger partial charge in [0, 0.05) is 11.6 Å². The lowest BCUT2D eigenvalue weighted by Crippen LogP contribution is -1.92. The Bertz CT molecular complexity index is 354. The van der Waals surface area contributed by atoms with E-state index in [1.807, 2.05) is 0 Å². The smallest absolute Gasteiger partial charge is 0.258 e. The first-order valence-corrected chi connectivity index (χ1v) is 4.02. The van der Waals surface area contributed by atoms with Crippen LogP contribution in [-0.4, -0.2) is 4.92 Å². The summed E-state index contributed by atoms with van der Waals surface area (Å²) in [5, 5.41) is 20.8. The number of rotatable bonds is 2. The van der Waals surface area contributed by atoms with E-state index in [1.54, 1.807) is 0 Å². The van der Waals surface area contributed by atoms with Crippen LogP contribution in [0.4, 0.5) is 5.69 Å². The molecule has 0 amide bonds. The third-order valence-corrected chi connectivity index (χ3v) is 2.12. The summed E-state index contributed by atoms with van der Waals surface area (Å²) in [6.07, 6.45) is 0. The molecule has 0 aromatic heterocycles. The molecule has 0 aliphatic heterocycles. The fourth-order valence-corrected chi connectivity index (χ4v) is 1.30. The fourth-order valence-electron chi connectivity index (χ4n) is 0.828. The van der Waals surface area contributed by atoms with Crippen LogP contribution in [0.25, 0.3) is 0 Å². The summed E-state index contributed by atoms with van der Waals surface area (Å²) in [6.45, 7) is -0.545. The number of halogens is 2. The lowest BCUT2D eigenvalue weighted by Gasteiger charge is -2.00. The van der Waals surface area contributed by atoms with Gasteiger partial charge < -0.3 is 0 Å². The molecule has 6 heteroatoms. The lowest BCUT2D eigenvalue weighted by molar-refractivity contribution is -0.384. The minimum Gasteiger partial charge on any atom is -0.258 e. The zero-order chi connectivity index (χ0) is 10.0. The molecule has 0 aliphatic rings. The molecular formula is C7H4Cl2NO3. The molecule has 0 saturated carbocycles. The molecule has 1 radical (unpaired) electrons. The lowest BCUT2D eigenvalue weighted by atomic mass is 10.2. The molecule has 69 valence electrons.